The largest absolute Gasteiger partial charge is 0.456 e. The molecule has 5 rings (SSSR count). The first-order chi connectivity index (χ1) is 17.6. The van der Waals surface area contributed by atoms with Crippen molar-refractivity contribution in [1.29, 1.82) is 0 Å². The van der Waals surface area contributed by atoms with E-state index in [1.165, 1.54) is 6.92 Å². The zero-order valence-electron chi connectivity index (χ0n) is 21.9. The summed E-state index contributed by atoms with van der Waals surface area (Å²) < 4.78 is 9.89. The monoisotopic (exact) mass is 503 g/mol. The number of aryl methyl sites for hydroxylation is 1. The molecule has 0 saturated heterocycles. The Balaban J connectivity index is 1.41. The Labute approximate surface area is 215 Å². The molecular formula is C27H33N7O3. The number of nitrogens with one attached hydrogen (secondary N) is 1. The summed E-state index contributed by atoms with van der Waals surface area (Å²) in [5.41, 5.74) is 2.96. The molecule has 37 heavy (non-hydrogen) atoms. The number of aliphatic hydroxyl groups excluding tert-OH is 1. The topological polar surface area (TPSA) is 120 Å². The molecule has 10 heteroatoms. The lowest BCUT2D eigenvalue weighted by Crippen LogP contribution is -2.26. The van der Waals surface area contributed by atoms with E-state index < -0.39 is 0 Å². The third kappa shape index (κ3) is 5.20. The van der Waals surface area contributed by atoms with Gasteiger partial charge in [0.2, 0.25) is 5.95 Å². The van der Waals surface area contributed by atoms with Crippen molar-refractivity contribution in [1.82, 2.24) is 29.3 Å². The van der Waals surface area contributed by atoms with E-state index in [0.717, 1.165) is 30.5 Å². The van der Waals surface area contributed by atoms with Gasteiger partial charge in [-0.3, -0.25) is 14.5 Å². The molecule has 0 aromatic carbocycles. The Morgan fingerprint density at radius 1 is 1.19 bits per heavy atom. The average molecular weight is 504 g/mol. The van der Waals surface area contributed by atoms with Crippen LogP contribution in [0, 0.1) is 0 Å². The molecule has 10 nitrogen and oxygen atoms in total. The number of ether oxygens (including phenoxy) is 1. The highest BCUT2D eigenvalue weighted by atomic mass is 16.5. The van der Waals surface area contributed by atoms with E-state index in [1.807, 2.05) is 28.4 Å². The predicted molar refractivity (Wildman–Crippen MR) is 140 cm³/mol. The third-order valence-electron chi connectivity index (χ3n) is 6.67. The molecule has 1 aliphatic rings. The van der Waals surface area contributed by atoms with Crippen LogP contribution in [0.3, 0.4) is 0 Å². The number of carbonyl (C=O) groups is 1. The molecule has 0 aliphatic heterocycles. The van der Waals surface area contributed by atoms with E-state index in [0.29, 0.717) is 34.6 Å². The van der Waals surface area contributed by atoms with Gasteiger partial charge in [-0.25, -0.2) is 4.98 Å². The first-order valence-electron chi connectivity index (χ1n) is 12.6. The second-order valence-electron chi connectivity index (χ2n) is 10.8. The minimum absolute atomic E-state index is 0.0178. The molecule has 0 amide bonds. The number of pyridine rings is 2. The number of hydrogen-bond donors (Lipinski definition) is 2. The predicted octanol–water partition coefficient (Wildman–Crippen LogP) is 4.61. The highest BCUT2D eigenvalue weighted by Gasteiger charge is 2.32. The Bertz CT molecular complexity index is 1450. The molecule has 4 heterocycles. The standard InChI is InChI=1S/C27H33N7O3/c1-16(35)11-17-12-18(9-10-28-17)37-19-13-21-25(29-15-19)31-26(33(21)5)30-24-14-23(27(2,3)4)34(32-24)20-7-6-8-22(20)36/h9-10,12-15,20,22,36H,6-8,11H2,1-5H3,(H,29,30,31,32)/t20-,22+/m0/s1. The molecule has 1 saturated carbocycles. The van der Waals surface area contributed by atoms with Gasteiger partial charge in [0, 0.05) is 49.0 Å². The van der Waals surface area contributed by atoms with Gasteiger partial charge in [-0.05, 0) is 32.3 Å². The van der Waals surface area contributed by atoms with Crippen molar-refractivity contribution in [3.8, 4) is 11.5 Å². The molecule has 4 aromatic rings. The Morgan fingerprint density at radius 2 is 2.00 bits per heavy atom. The molecule has 2 atom stereocenters. The zero-order valence-corrected chi connectivity index (χ0v) is 21.9. The van der Waals surface area contributed by atoms with Crippen LogP contribution in [0.15, 0.2) is 36.7 Å². The maximum atomic E-state index is 11.4. The number of aromatic nitrogens is 6. The molecule has 0 spiro atoms. The van der Waals surface area contributed by atoms with Gasteiger partial charge >= 0.3 is 0 Å². The first-order valence-corrected chi connectivity index (χ1v) is 12.6. The van der Waals surface area contributed by atoms with Crippen LogP contribution >= 0.6 is 0 Å². The summed E-state index contributed by atoms with van der Waals surface area (Å²) in [5.74, 6) is 2.46. The van der Waals surface area contributed by atoms with Crippen LogP contribution in [0.5, 0.6) is 11.5 Å². The smallest absolute Gasteiger partial charge is 0.210 e. The lowest BCUT2D eigenvalue weighted by Gasteiger charge is -2.25. The number of nitrogens with zero attached hydrogens (tertiary/aromatic N) is 6. The zero-order chi connectivity index (χ0) is 26.3. The third-order valence-corrected chi connectivity index (χ3v) is 6.67. The maximum Gasteiger partial charge on any atom is 0.210 e. The number of Topliss-reactive ketones (excluding diaryl/α,β-unsaturated/α-hetero) is 1. The number of ketones is 1. The normalized spacial score (nSPS) is 17.9. The number of carbonyl (C=O) groups excluding carboxylic acids is 1. The van der Waals surface area contributed by atoms with Crippen LogP contribution in [0.2, 0.25) is 0 Å². The molecule has 1 fully saturated rings. The fraction of sp³-hybridized carbons (Fsp3) is 0.444. The highest BCUT2D eigenvalue weighted by molar-refractivity contribution is 5.78. The van der Waals surface area contributed by atoms with Crippen molar-refractivity contribution in [2.75, 3.05) is 5.32 Å². The van der Waals surface area contributed by atoms with Gasteiger partial charge in [0.05, 0.1) is 29.6 Å². The SMILES string of the molecule is CC(=O)Cc1cc(Oc2cnc3nc(Nc4cc(C(C)(C)C)n([C@H]5CCC[C@H]5O)n4)n(C)c3c2)ccn1. The summed E-state index contributed by atoms with van der Waals surface area (Å²) in [6, 6.07) is 7.39. The molecule has 1 aliphatic carbocycles. The van der Waals surface area contributed by atoms with E-state index in [2.05, 4.69) is 41.0 Å². The summed E-state index contributed by atoms with van der Waals surface area (Å²) in [7, 11) is 1.91. The summed E-state index contributed by atoms with van der Waals surface area (Å²) in [6.07, 6.45) is 5.84. The molecule has 2 N–H and O–H groups in total. The van der Waals surface area contributed by atoms with Crippen LogP contribution in [0.4, 0.5) is 11.8 Å². The fourth-order valence-corrected chi connectivity index (χ4v) is 4.81. The highest BCUT2D eigenvalue weighted by Crippen LogP contribution is 2.36. The van der Waals surface area contributed by atoms with Crippen molar-refractivity contribution in [2.45, 2.75) is 70.9 Å². The summed E-state index contributed by atoms with van der Waals surface area (Å²) in [4.78, 5) is 24.8. The second-order valence-corrected chi connectivity index (χ2v) is 10.8. The number of fused-ring (bicyclic) bond motifs is 1. The van der Waals surface area contributed by atoms with Crippen molar-refractivity contribution in [3.05, 3.63) is 48.0 Å². The van der Waals surface area contributed by atoms with Gasteiger partial charge in [0.15, 0.2) is 11.5 Å². The van der Waals surface area contributed by atoms with Crippen molar-refractivity contribution in [2.24, 2.45) is 7.05 Å². The number of rotatable bonds is 7. The molecule has 194 valence electrons. The molecule has 4 aromatic heterocycles. The molecule has 0 bridgehead atoms. The fourth-order valence-electron chi connectivity index (χ4n) is 4.81. The lowest BCUT2D eigenvalue weighted by atomic mass is 9.91. The first kappa shape index (κ1) is 24.9. The summed E-state index contributed by atoms with van der Waals surface area (Å²) in [6.45, 7) is 7.99. The number of aliphatic hydroxyl groups is 1. The van der Waals surface area contributed by atoms with Gasteiger partial charge in [-0.15, -0.1) is 0 Å². The van der Waals surface area contributed by atoms with Crippen molar-refractivity contribution >= 4 is 28.7 Å². The maximum absolute atomic E-state index is 11.4. The van der Waals surface area contributed by atoms with E-state index in [1.54, 1.807) is 24.5 Å². The van der Waals surface area contributed by atoms with E-state index in [9.17, 15) is 9.90 Å². The van der Waals surface area contributed by atoms with Crippen LogP contribution in [0.25, 0.3) is 11.2 Å². The number of anilines is 2. The van der Waals surface area contributed by atoms with Gasteiger partial charge in [0.25, 0.3) is 0 Å². The Kier molecular flexibility index (Phi) is 6.45. The van der Waals surface area contributed by atoms with Gasteiger partial charge in [0.1, 0.15) is 17.3 Å². The summed E-state index contributed by atoms with van der Waals surface area (Å²) in [5, 5.41) is 18.7. The second kappa shape index (κ2) is 9.59. The van der Waals surface area contributed by atoms with E-state index in [-0.39, 0.29) is 29.8 Å². The van der Waals surface area contributed by atoms with Crippen molar-refractivity contribution < 1.29 is 14.6 Å². The minimum atomic E-state index is -0.383. The van der Waals surface area contributed by atoms with Crippen LogP contribution in [-0.4, -0.2) is 46.3 Å². The van der Waals surface area contributed by atoms with Crippen LogP contribution in [0.1, 0.15) is 64.4 Å². The van der Waals surface area contributed by atoms with E-state index in [4.69, 9.17) is 9.84 Å². The van der Waals surface area contributed by atoms with Gasteiger partial charge in [-0.2, -0.15) is 10.1 Å². The quantitative estimate of drug-likeness (QED) is 0.375. The number of hydrogen-bond acceptors (Lipinski definition) is 8. The van der Waals surface area contributed by atoms with Gasteiger partial charge < -0.3 is 19.7 Å². The summed E-state index contributed by atoms with van der Waals surface area (Å²) >= 11 is 0. The minimum Gasteiger partial charge on any atom is -0.456 e. The average Bonchev–Trinajstić information content (AvgIpc) is 3.51. The lowest BCUT2D eigenvalue weighted by molar-refractivity contribution is -0.116. The molecule has 0 radical (unpaired) electrons. The Hall–Kier alpha value is -3.79. The van der Waals surface area contributed by atoms with Gasteiger partial charge in [-0.1, -0.05) is 20.8 Å². The number of imidazole rings is 1. The van der Waals surface area contributed by atoms with Crippen LogP contribution in [-0.2, 0) is 23.7 Å². The molecule has 0 unspecified atom stereocenters. The van der Waals surface area contributed by atoms with Crippen LogP contribution < -0.4 is 10.1 Å². The van der Waals surface area contributed by atoms with Crippen molar-refractivity contribution in [3.63, 3.8) is 0 Å². The molecular weight excluding hydrogens is 470 g/mol. The Morgan fingerprint density at radius 3 is 2.70 bits per heavy atom. The van der Waals surface area contributed by atoms with E-state index >= 15 is 0 Å².